The zero-order chi connectivity index (χ0) is 37.2. The normalized spacial score (nSPS) is 16.6. The lowest BCUT2D eigenvalue weighted by Gasteiger charge is -2.37. The smallest absolute Gasteiger partial charge is 0.341 e. The van der Waals surface area contributed by atoms with E-state index in [2.05, 4.69) is 0 Å². The first-order valence-corrected chi connectivity index (χ1v) is 17.7. The van der Waals surface area contributed by atoms with Gasteiger partial charge in [-0.15, -0.1) is 0 Å². The molecule has 12 nitrogen and oxygen atoms in total. The molecule has 3 aromatic carbocycles. The van der Waals surface area contributed by atoms with Crippen LogP contribution >= 0.6 is 0 Å². The van der Waals surface area contributed by atoms with Crippen LogP contribution < -0.4 is 28.4 Å². The van der Waals surface area contributed by atoms with Gasteiger partial charge < -0.3 is 43.2 Å². The number of benzene rings is 3. The van der Waals surface area contributed by atoms with E-state index < -0.39 is 36.6 Å². The fourth-order valence-electron chi connectivity index (χ4n) is 6.81. The molecular weight excluding hydrogens is 670 g/mol. The van der Waals surface area contributed by atoms with Crippen molar-refractivity contribution in [2.24, 2.45) is 5.92 Å². The number of ether oxygens (including phenoxy) is 7. The third kappa shape index (κ3) is 9.40. The molecule has 1 saturated heterocycles. The highest BCUT2D eigenvalue weighted by molar-refractivity contribution is 5.89. The van der Waals surface area contributed by atoms with E-state index in [0.717, 1.165) is 36.8 Å². The van der Waals surface area contributed by atoms with Gasteiger partial charge in [0.1, 0.15) is 17.9 Å². The molecule has 52 heavy (non-hydrogen) atoms. The van der Waals surface area contributed by atoms with Crippen LogP contribution in [0.15, 0.2) is 54.6 Å². The SMILES string of the molecule is COc1ccc(CCC(OC(=O)[C@@H]2CCCCN2C(=O)[C@@H](CC2CC2)c2cc(OC)c(OC)c(OC)c2)c2cccc(OCC(=O)O)c2)cc1OC. The molecule has 0 spiro atoms. The van der Waals surface area contributed by atoms with Crippen molar-refractivity contribution in [2.75, 3.05) is 48.7 Å². The van der Waals surface area contributed by atoms with Gasteiger partial charge in [-0.2, -0.15) is 0 Å². The van der Waals surface area contributed by atoms with Crippen LogP contribution in [0.4, 0.5) is 0 Å². The van der Waals surface area contributed by atoms with Gasteiger partial charge in [0.2, 0.25) is 11.7 Å². The number of carbonyl (C=O) groups excluding carboxylic acids is 2. The number of rotatable bonds is 18. The molecule has 1 N–H and O–H groups in total. The molecule has 0 bridgehead atoms. The first-order valence-electron chi connectivity index (χ1n) is 17.7. The molecule has 0 aromatic heterocycles. The summed E-state index contributed by atoms with van der Waals surface area (Å²) in [6, 6.07) is 15.4. The quantitative estimate of drug-likeness (QED) is 0.147. The highest BCUT2D eigenvalue weighted by Crippen LogP contribution is 2.45. The number of esters is 1. The Morgan fingerprint density at radius 2 is 1.50 bits per heavy atom. The summed E-state index contributed by atoms with van der Waals surface area (Å²) in [4.78, 5) is 41.7. The molecule has 5 rings (SSSR count). The van der Waals surface area contributed by atoms with E-state index in [-0.39, 0.29) is 5.91 Å². The topological polar surface area (TPSA) is 139 Å². The Bertz CT molecular complexity index is 1680. The van der Waals surface area contributed by atoms with Crippen LogP contribution in [0.25, 0.3) is 0 Å². The van der Waals surface area contributed by atoms with Gasteiger partial charge in [0.05, 0.1) is 41.5 Å². The van der Waals surface area contributed by atoms with Crippen LogP contribution in [0.5, 0.6) is 34.5 Å². The number of methoxy groups -OCH3 is 5. The van der Waals surface area contributed by atoms with Gasteiger partial charge in [-0.3, -0.25) is 4.79 Å². The molecule has 280 valence electrons. The van der Waals surface area contributed by atoms with Gasteiger partial charge in [-0.25, -0.2) is 9.59 Å². The van der Waals surface area contributed by atoms with Crippen molar-refractivity contribution in [2.45, 2.75) is 69.4 Å². The molecule has 1 saturated carbocycles. The van der Waals surface area contributed by atoms with Gasteiger partial charge in [0.25, 0.3) is 0 Å². The zero-order valence-corrected chi connectivity index (χ0v) is 30.6. The molecule has 0 radical (unpaired) electrons. The minimum Gasteiger partial charge on any atom is -0.493 e. The largest absolute Gasteiger partial charge is 0.493 e. The summed E-state index contributed by atoms with van der Waals surface area (Å²) >= 11 is 0. The van der Waals surface area contributed by atoms with Crippen molar-refractivity contribution in [3.05, 3.63) is 71.3 Å². The summed E-state index contributed by atoms with van der Waals surface area (Å²) in [7, 11) is 7.78. The second kappa shape index (κ2) is 17.9. The van der Waals surface area contributed by atoms with E-state index in [1.54, 1.807) is 51.5 Å². The van der Waals surface area contributed by atoms with Gasteiger partial charge in [0, 0.05) is 6.54 Å². The molecular formula is C40H49NO11. The first kappa shape index (κ1) is 38.1. The van der Waals surface area contributed by atoms with Crippen molar-refractivity contribution in [1.82, 2.24) is 4.90 Å². The summed E-state index contributed by atoms with van der Waals surface area (Å²) in [6.07, 6.45) is 4.98. The van der Waals surface area contributed by atoms with Gasteiger partial charge in [-0.1, -0.05) is 31.0 Å². The predicted octanol–water partition coefficient (Wildman–Crippen LogP) is 6.38. The number of carboxylic acid groups (broad SMARTS) is 1. The van der Waals surface area contributed by atoms with E-state index in [1.165, 1.54) is 7.11 Å². The van der Waals surface area contributed by atoms with Crippen LogP contribution in [-0.2, 0) is 25.5 Å². The number of nitrogens with zero attached hydrogens (tertiary/aromatic N) is 1. The van der Waals surface area contributed by atoms with Gasteiger partial charge >= 0.3 is 11.9 Å². The Morgan fingerprint density at radius 3 is 2.13 bits per heavy atom. The predicted molar refractivity (Wildman–Crippen MR) is 192 cm³/mol. The fourth-order valence-corrected chi connectivity index (χ4v) is 6.81. The number of hydrogen-bond donors (Lipinski definition) is 1. The molecule has 1 aliphatic heterocycles. The molecule has 3 atom stereocenters. The number of piperidine rings is 1. The third-order valence-corrected chi connectivity index (χ3v) is 9.71. The highest BCUT2D eigenvalue weighted by atomic mass is 16.5. The molecule has 1 aliphatic carbocycles. The van der Waals surface area contributed by atoms with E-state index >= 15 is 0 Å². The summed E-state index contributed by atoms with van der Waals surface area (Å²) in [5, 5.41) is 9.15. The molecule has 1 amide bonds. The molecule has 2 aliphatic rings. The number of amides is 1. The summed E-state index contributed by atoms with van der Waals surface area (Å²) in [5.74, 6) is 1.09. The molecule has 2 fully saturated rings. The standard InChI is InChI=1S/C40H49NO11/c1-46-33-17-15-26(20-34(33)47-2)14-16-32(27-9-8-10-29(21-27)51-24-37(42)43)52-40(45)31-11-6-7-18-41(31)39(44)30(19-25-12-13-25)28-22-35(48-3)38(50-5)36(23-28)49-4/h8-10,15,17,20-23,25,30-32H,6-7,11-14,16,18-19,24H2,1-5H3,(H,42,43)/t30-,31-,32?/m0/s1. The van der Waals surface area contributed by atoms with Crippen LogP contribution in [0, 0.1) is 5.92 Å². The number of carboxylic acids is 1. The Morgan fingerprint density at radius 1 is 0.788 bits per heavy atom. The van der Waals surface area contributed by atoms with Crippen LogP contribution in [-0.4, -0.2) is 82.6 Å². The Balaban J connectivity index is 1.42. The third-order valence-electron chi connectivity index (χ3n) is 9.71. The lowest BCUT2D eigenvalue weighted by molar-refractivity contribution is -0.162. The summed E-state index contributed by atoms with van der Waals surface area (Å²) in [5.41, 5.74) is 2.34. The fraction of sp³-hybridized carbons (Fsp3) is 0.475. The summed E-state index contributed by atoms with van der Waals surface area (Å²) < 4.78 is 39.4. The van der Waals surface area contributed by atoms with Crippen molar-refractivity contribution in [1.29, 1.82) is 0 Å². The maximum absolute atomic E-state index is 14.6. The highest BCUT2D eigenvalue weighted by Gasteiger charge is 2.40. The summed E-state index contributed by atoms with van der Waals surface area (Å²) in [6.45, 7) is -0.0777. The number of likely N-dealkylation sites (tertiary alicyclic amines) is 1. The minimum absolute atomic E-state index is 0.131. The van der Waals surface area contributed by atoms with Crippen molar-refractivity contribution in [3.8, 4) is 34.5 Å². The second-order valence-electron chi connectivity index (χ2n) is 13.1. The van der Waals surface area contributed by atoms with Crippen molar-refractivity contribution < 1.29 is 52.6 Å². The second-order valence-corrected chi connectivity index (χ2v) is 13.1. The minimum atomic E-state index is -1.10. The van der Waals surface area contributed by atoms with Crippen LogP contribution in [0.3, 0.4) is 0 Å². The van der Waals surface area contributed by atoms with Crippen LogP contribution in [0.1, 0.15) is 73.7 Å². The lowest BCUT2D eigenvalue weighted by Crippen LogP contribution is -2.50. The van der Waals surface area contributed by atoms with Gasteiger partial charge in [0.15, 0.2) is 29.6 Å². The monoisotopic (exact) mass is 719 g/mol. The molecule has 1 heterocycles. The maximum atomic E-state index is 14.6. The number of aryl methyl sites for hydroxylation is 1. The van der Waals surface area contributed by atoms with Crippen molar-refractivity contribution in [3.63, 3.8) is 0 Å². The van der Waals surface area contributed by atoms with Gasteiger partial charge in [-0.05, 0) is 97.5 Å². The average molecular weight is 720 g/mol. The molecule has 12 heteroatoms. The molecule has 1 unspecified atom stereocenters. The Hall–Kier alpha value is -5.13. The number of aliphatic carboxylic acids is 1. The Labute approximate surface area is 304 Å². The number of carbonyl (C=O) groups is 3. The average Bonchev–Trinajstić information content (AvgIpc) is 4.01. The van der Waals surface area contributed by atoms with Crippen molar-refractivity contribution >= 4 is 17.8 Å². The first-order chi connectivity index (χ1) is 25.2. The van der Waals surface area contributed by atoms with Crippen LogP contribution in [0.2, 0.25) is 0 Å². The number of hydrogen-bond acceptors (Lipinski definition) is 10. The van der Waals surface area contributed by atoms with E-state index in [0.29, 0.717) is 78.2 Å². The Kier molecular flexibility index (Phi) is 13.1. The molecule has 3 aromatic rings. The van der Waals surface area contributed by atoms with E-state index in [9.17, 15) is 14.4 Å². The lowest BCUT2D eigenvalue weighted by atomic mass is 9.89. The van der Waals surface area contributed by atoms with E-state index in [4.69, 9.17) is 38.3 Å². The maximum Gasteiger partial charge on any atom is 0.341 e. The zero-order valence-electron chi connectivity index (χ0n) is 30.6. The van der Waals surface area contributed by atoms with E-state index in [1.807, 2.05) is 36.4 Å².